The van der Waals surface area contributed by atoms with Crippen LogP contribution in [0.15, 0.2) is 65.5 Å². The number of nitrogens with zero attached hydrogens (tertiary/aromatic N) is 3. The minimum atomic E-state index is -0.306. The van der Waals surface area contributed by atoms with Gasteiger partial charge in [0.2, 0.25) is 11.9 Å². The first-order valence-electron chi connectivity index (χ1n) is 10.5. The summed E-state index contributed by atoms with van der Waals surface area (Å²) in [5.41, 5.74) is 2.74. The smallest absolute Gasteiger partial charge is 0.252 e. The predicted octanol–water partition coefficient (Wildman–Crippen LogP) is 5.79. The maximum Gasteiger partial charge on any atom is 0.252 e. The highest BCUT2D eigenvalue weighted by molar-refractivity contribution is 6.29. The summed E-state index contributed by atoms with van der Waals surface area (Å²) in [5.74, 6) is 0.193. The van der Waals surface area contributed by atoms with E-state index in [4.69, 9.17) is 11.6 Å². The normalized spacial score (nSPS) is 10.3. The Hall–Kier alpha value is -3.85. The van der Waals surface area contributed by atoms with E-state index in [2.05, 4.69) is 30.6 Å². The Morgan fingerprint density at radius 2 is 1.32 bits per heavy atom. The van der Waals surface area contributed by atoms with Gasteiger partial charge in [-0.05, 0) is 67.4 Å². The summed E-state index contributed by atoms with van der Waals surface area (Å²) in [6.45, 7) is 3.91. The second-order valence-corrected chi connectivity index (χ2v) is 7.45. The molecule has 0 saturated heterocycles. The van der Waals surface area contributed by atoms with Gasteiger partial charge in [0.05, 0.1) is 0 Å². The fourth-order valence-electron chi connectivity index (χ4n) is 2.78. The number of rotatable bonds is 6. The highest BCUT2D eigenvalue weighted by Crippen LogP contribution is 2.17. The molecule has 0 aliphatic carbocycles. The zero-order valence-corrected chi connectivity index (χ0v) is 19.3. The van der Waals surface area contributed by atoms with Crippen LogP contribution in [0.2, 0.25) is 5.15 Å². The lowest BCUT2D eigenvalue weighted by Crippen LogP contribution is -2.11. The number of nitrogens with one attached hydrogen (secondary N) is 3. The summed E-state index contributed by atoms with van der Waals surface area (Å²) < 4.78 is 25.4. The molecule has 4 rings (SSSR count). The molecule has 0 unspecified atom stereocenters. The van der Waals surface area contributed by atoms with Gasteiger partial charge in [0.15, 0.2) is 0 Å². The van der Waals surface area contributed by atoms with Crippen molar-refractivity contribution in [1.82, 2.24) is 19.9 Å². The van der Waals surface area contributed by atoms with E-state index in [0.717, 1.165) is 17.8 Å². The number of anilines is 4. The molecule has 0 radical (unpaired) electrons. The highest BCUT2D eigenvalue weighted by Gasteiger charge is 2.03. The monoisotopic (exact) mass is 484 g/mol. The first-order chi connectivity index (χ1) is 16.3. The van der Waals surface area contributed by atoms with E-state index in [1.807, 2.05) is 13.8 Å². The van der Waals surface area contributed by atoms with Gasteiger partial charge in [-0.2, -0.15) is 0 Å². The van der Waals surface area contributed by atoms with Gasteiger partial charge in [-0.15, -0.1) is 0 Å². The second-order valence-electron chi connectivity index (χ2n) is 7.06. The van der Waals surface area contributed by atoms with Crippen LogP contribution in [0.25, 0.3) is 0 Å². The summed E-state index contributed by atoms with van der Waals surface area (Å²) in [7, 11) is 0. The van der Waals surface area contributed by atoms with Crippen LogP contribution in [-0.2, 0) is 12.8 Å². The van der Waals surface area contributed by atoms with E-state index in [1.165, 1.54) is 30.3 Å². The summed E-state index contributed by atoms with van der Waals surface area (Å²) in [4.78, 5) is 26.4. The number of aromatic nitrogens is 4. The molecule has 2 aromatic carbocycles. The van der Waals surface area contributed by atoms with Crippen LogP contribution < -0.4 is 16.2 Å². The Balaban J connectivity index is 0.000000191. The standard InChI is InChI=1S/C12H11ClFN3.C12H12FN3O/c1-2-9-7-11(13)17-12(15-9)16-10-5-3-8(14)4-6-10;1-2-9-7-11(17)16-12(14-9)15-10-5-3-8(13)4-6-10/h3-7H,2H2,1H3,(H,15,16,17);3-7H,2H2,1H3,(H2,14,15,16,17). The number of aromatic amines is 1. The van der Waals surface area contributed by atoms with Crippen LogP contribution in [0.1, 0.15) is 25.2 Å². The van der Waals surface area contributed by atoms with Crippen molar-refractivity contribution in [3.05, 3.63) is 99.2 Å². The van der Waals surface area contributed by atoms with E-state index in [1.54, 1.807) is 30.3 Å². The topological polar surface area (TPSA) is 95.6 Å². The third-order valence-electron chi connectivity index (χ3n) is 4.47. The molecule has 0 aliphatic heterocycles. The Labute approximate surface area is 200 Å². The number of hydrogen-bond donors (Lipinski definition) is 3. The maximum absolute atomic E-state index is 12.7. The van der Waals surface area contributed by atoms with Crippen LogP contribution in [0.5, 0.6) is 0 Å². The fourth-order valence-corrected chi connectivity index (χ4v) is 2.99. The van der Waals surface area contributed by atoms with Crippen molar-refractivity contribution in [2.24, 2.45) is 0 Å². The molecular formula is C24H23ClF2N6O. The van der Waals surface area contributed by atoms with E-state index < -0.39 is 0 Å². The lowest BCUT2D eigenvalue weighted by Gasteiger charge is -2.06. The Morgan fingerprint density at radius 3 is 1.88 bits per heavy atom. The van der Waals surface area contributed by atoms with Gasteiger partial charge in [-0.1, -0.05) is 25.4 Å². The summed E-state index contributed by atoms with van der Waals surface area (Å²) in [6.07, 6.45) is 1.46. The molecule has 176 valence electrons. The molecule has 0 amide bonds. The molecule has 0 spiro atoms. The van der Waals surface area contributed by atoms with Gasteiger partial charge in [0.25, 0.3) is 5.56 Å². The van der Waals surface area contributed by atoms with Crippen molar-refractivity contribution < 1.29 is 8.78 Å². The molecular weight excluding hydrogens is 462 g/mol. The zero-order valence-electron chi connectivity index (χ0n) is 18.6. The third-order valence-corrected chi connectivity index (χ3v) is 4.67. The predicted molar refractivity (Wildman–Crippen MR) is 130 cm³/mol. The molecule has 0 saturated carbocycles. The molecule has 2 heterocycles. The lowest BCUT2D eigenvalue weighted by molar-refractivity contribution is 0.627. The van der Waals surface area contributed by atoms with Gasteiger partial charge >= 0.3 is 0 Å². The van der Waals surface area contributed by atoms with E-state index in [0.29, 0.717) is 34.9 Å². The fraction of sp³-hybridized carbons (Fsp3) is 0.167. The molecule has 10 heteroatoms. The van der Waals surface area contributed by atoms with Crippen molar-refractivity contribution in [1.29, 1.82) is 0 Å². The van der Waals surface area contributed by atoms with Crippen molar-refractivity contribution in [2.75, 3.05) is 10.6 Å². The van der Waals surface area contributed by atoms with Crippen LogP contribution in [-0.4, -0.2) is 19.9 Å². The van der Waals surface area contributed by atoms with Gasteiger partial charge in [0.1, 0.15) is 16.8 Å². The summed E-state index contributed by atoms with van der Waals surface area (Å²) >= 11 is 5.87. The second kappa shape index (κ2) is 11.9. The Bertz CT molecular complexity index is 1280. The molecule has 2 aromatic heterocycles. The number of benzene rings is 2. The minimum Gasteiger partial charge on any atom is -0.326 e. The van der Waals surface area contributed by atoms with E-state index in [9.17, 15) is 13.6 Å². The lowest BCUT2D eigenvalue weighted by atomic mass is 10.3. The Kier molecular flexibility index (Phi) is 8.64. The molecule has 0 bridgehead atoms. The quantitative estimate of drug-likeness (QED) is 0.300. The van der Waals surface area contributed by atoms with Gasteiger partial charge in [-0.25, -0.2) is 23.7 Å². The molecule has 0 aliphatic rings. The molecule has 34 heavy (non-hydrogen) atoms. The number of halogens is 3. The first kappa shape index (κ1) is 24.8. The molecule has 0 fully saturated rings. The summed E-state index contributed by atoms with van der Waals surface area (Å²) in [6, 6.07) is 15.0. The molecule has 4 aromatic rings. The van der Waals surface area contributed by atoms with Crippen LogP contribution in [0, 0.1) is 11.6 Å². The van der Waals surface area contributed by atoms with Gasteiger partial charge in [-0.3, -0.25) is 9.78 Å². The largest absolute Gasteiger partial charge is 0.326 e. The van der Waals surface area contributed by atoms with E-state index in [-0.39, 0.29) is 17.2 Å². The van der Waals surface area contributed by atoms with Crippen molar-refractivity contribution >= 4 is 34.9 Å². The van der Waals surface area contributed by atoms with Crippen molar-refractivity contribution in [3.8, 4) is 0 Å². The molecule has 0 atom stereocenters. The maximum atomic E-state index is 12.7. The number of aryl methyl sites for hydroxylation is 2. The van der Waals surface area contributed by atoms with Crippen LogP contribution in [0.3, 0.4) is 0 Å². The average Bonchev–Trinajstić information content (AvgIpc) is 2.82. The SMILES string of the molecule is CCc1cc(=O)[nH]c(Nc2ccc(F)cc2)n1.CCc1cc(Cl)nc(Nc2ccc(F)cc2)n1. The number of H-pyrrole nitrogens is 1. The first-order valence-corrected chi connectivity index (χ1v) is 10.9. The van der Waals surface area contributed by atoms with Gasteiger partial charge in [0, 0.05) is 28.8 Å². The molecule has 3 N–H and O–H groups in total. The number of hydrogen-bond acceptors (Lipinski definition) is 6. The Morgan fingerprint density at radius 1 is 0.794 bits per heavy atom. The third kappa shape index (κ3) is 7.63. The molecule has 7 nitrogen and oxygen atoms in total. The van der Waals surface area contributed by atoms with Crippen molar-refractivity contribution in [2.45, 2.75) is 26.7 Å². The van der Waals surface area contributed by atoms with E-state index >= 15 is 0 Å². The summed E-state index contributed by atoms with van der Waals surface area (Å²) in [5, 5.41) is 6.28. The van der Waals surface area contributed by atoms with Crippen LogP contribution in [0.4, 0.5) is 32.1 Å². The average molecular weight is 485 g/mol. The minimum absolute atomic E-state index is 0.207. The highest BCUT2D eigenvalue weighted by atomic mass is 35.5. The van der Waals surface area contributed by atoms with Crippen LogP contribution >= 0.6 is 11.6 Å². The van der Waals surface area contributed by atoms with Gasteiger partial charge < -0.3 is 10.6 Å². The zero-order chi connectivity index (χ0) is 24.5. The van der Waals surface area contributed by atoms with Crippen molar-refractivity contribution in [3.63, 3.8) is 0 Å².